The minimum absolute atomic E-state index is 0.526. The van der Waals surface area contributed by atoms with Gasteiger partial charge in [0.1, 0.15) is 5.69 Å². The zero-order valence-corrected chi connectivity index (χ0v) is 10.9. The summed E-state index contributed by atoms with van der Waals surface area (Å²) in [5, 5.41) is 21.8. The number of rotatable bonds is 4. The van der Waals surface area contributed by atoms with Crippen LogP contribution in [0.25, 0.3) is 15.7 Å². The van der Waals surface area contributed by atoms with E-state index in [9.17, 15) is 0 Å². The van der Waals surface area contributed by atoms with E-state index < -0.39 is 0 Å². The fourth-order valence-corrected chi connectivity index (χ4v) is 2.77. The van der Waals surface area contributed by atoms with E-state index in [2.05, 4.69) is 25.6 Å². The van der Waals surface area contributed by atoms with Crippen LogP contribution in [0.4, 0.5) is 0 Å². The summed E-state index contributed by atoms with van der Waals surface area (Å²) in [7, 11) is 0. The van der Waals surface area contributed by atoms with Crippen molar-refractivity contribution in [1.29, 1.82) is 0 Å². The average molecular weight is 276 g/mol. The van der Waals surface area contributed by atoms with Crippen molar-refractivity contribution in [3.05, 3.63) is 12.0 Å². The van der Waals surface area contributed by atoms with E-state index in [-0.39, 0.29) is 0 Å². The van der Waals surface area contributed by atoms with E-state index in [0.29, 0.717) is 19.0 Å². The molecule has 0 aromatic carbocycles. The molecular weight excluding hydrogens is 264 g/mol. The summed E-state index contributed by atoms with van der Waals surface area (Å²) in [5.74, 6) is 1.49. The van der Waals surface area contributed by atoms with Crippen LogP contribution in [0.2, 0.25) is 0 Å². The number of nitrogens with two attached hydrogens (primary N) is 1. The normalized spacial score (nSPS) is 15.4. The highest BCUT2D eigenvalue weighted by Crippen LogP contribution is 2.39. The summed E-state index contributed by atoms with van der Waals surface area (Å²) < 4.78 is 3.55. The van der Waals surface area contributed by atoms with Crippen molar-refractivity contribution in [3.8, 4) is 10.7 Å². The molecule has 3 heterocycles. The van der Waals surface area contributed by atoms with Crippen molar-refractivity contribution in [3.63, 3.8) is 0 Å². The Labute approximate surface area is 112 Å². The Bertz CT molecular complexity index is 721. The van der Waals surface area contributed by atoms with Crippen LogP contribution in [0.5, 0.6) is 0 Å². The quantitative estimate of drug-likeness (QED) is 0.734. The van der Waals surface area contributed by atoms with Crippen LogP contribution in [0, 0.1) is 0 Å². The highest BCUT2D eigenvalue weighted by Gasteiger charge is 2.30. The van der Waals surface area contributed by atoms with Crippen molar-refractivity contribution in [2.45, 2.75) is 25.3 Å². The molecule has 2 N–H and O–H groups in total. The molecule has 0 spiro atoms. The summed E-state index contributed by atoms with van der Waals surface area (Å²) in [6, 6.07) is 0. The second-order valence-electron chi connectivity index (χ2n) is 4.59. The van der Waals surface area contributed by atoms with Gasteiger partial charge >= 0.3 is 0 Å². The minimum atomic E-state index is 0.526. The Morgan fingerprint density at radius 2 is 2.21 bits per heavy atom. The maximum atomic E-state index is 5.49. The van der Waals surface area contributed by atoms with Gasteiger partial charge in [-0.15, -0.1) is 15.3 Å². The van der Waals surface area contributed by atoms with E-state index >= 15 is 0 Å². The molecule has 1 saturated carbocycles. The largest absolute Gasteiger partial charge is 0.329 e. The van der Waals surface area contributed by atoms with Crippen LogP contribution in [0.1, 0.15) is 24.6 Å². The van der Waals surface area contributed by atoms with Crippen LogP contribution >= 0.6 is 11.3 Å². The molecule has 1 fully saturated rings. The van der Waals surface area contributed by atoms with E-state index in [1.165, 1.54) is 24.2 Å². The van der Waals surface area contributed by atoms with Gasteiger partial charge in [0.2, 0.25) is 4.96 Å². The summed E-state index contributed by atoms with van der Waals surface area (Å²) >= 11 is 1.48. The summed E-state index contributed by atoms with van der Waals surface area (Å²) in [5.41, 5.74) is 6.24. The fourth-order valence-electron chi connectivity index (χ4n) is 1.97. The first-order valence-corrected chi connectivity index (χ1v) is 6.99. The molecule has 4 rings (SSSR count). The van der Waals surface area contributed by atoms with Crippen molar-refractivity contribution >= 4 is 16.3 Å². The van der Waals surface area contributed by atoms with E-state index in [0.717, 1.165) is 21.5 Å². The standard InChI is InChI=1S/C10H12N8S/c11-3-4-17-5-7(12-16-17)9-15-18-8(6-1-2-6)13-14-10(18)19-9/h5-6H,1-4,11H2. The lowest BCUT2D eigenvalue weighted by molar-refractivity contribution is 0.598. The third-order valence-electron chi connectivity index (χ3n) is 3.07. The van der Waals surface area contributed by atoms with Crippen LogP contribution < -0.4 is 5.73 Å². The molecule has 0 amide bonds. The first-order chi connectivity index (χ1) is 9.35. The lowest BCUT2D eigenvalue weighted by atomic mass is 10.4. The maximum Gasteiger partial charge on any atom is 0.235 e. The van der Waals surface area contributed by atoms with Crippen molar-refractivity contribution in [1.82, 2.24) is 34.8 Å². The molecule has 3 aromatic rings. The highest BCUT2D eigenvalue weighted by molar-refractivity contribution is 7.19. The van der Waals surface area contributed by atoms with Gasteiger partial charge in [0, 0.05) is 12.5 Å². The lowest BCUT2D eigenvalue weighted by Gasteiger charge is -1.92. The number of hydrogen-bond donors (Lipinski definition) is 1. The van der Waals surface area contributed by atoms with Crippen molar-refractivity contribution < 1.29 is 0 Å². The molecule has 0 radical (unpaired) electrons. The van der Waals surface area contributed by atoms with Gasteiger partial charge in [-0.05, 0) is 12.8 Å². The molecule has 1 aliphatic carbocycles. The monoisotopic (exact) mass is 276 g/mol. The van der Waals surface area contributed by atoms with Crippen LogP contribution in [-0.4, -0.2) is 41.4 Å². The molecular formula is C10H12N8S. The molecule has 0 bridgehead atoms. The molecule has 9 heteroatoms. The molecule has 0 atom stereocenters. The Morgan fingerprint density at radius 1 is 1.32 bits per heavy atom. The molecule has 1 aliphatic rings. The second-order valence-corrected chi connectivity index (χ2v) is 5.55. The first kappa shape index (κ1) is 11.0. The third-order valence-corrected chi connectivity index (χ3v) is 3.99. The number of fused-ring (bicyclic) bond motifs is 1. The molecule has 0 aliphatic heterocycles. The van der Waals surface area contributed by atoms with Gasteiger partial charge in [-0.3, -0.25) is 4.68 Å². The molecule has 19 heavy (non-hydrogen) atoms. The zero-order valence-electron chi connectivity index (χ0n) is 10.1. The topological polar surface area (TPSA) is 99.8 Å². The number of aromatic nitrogens is 7. The number of hydrogen-bond acceptors (Lipinski definition) is 7. The predicted molar refractivity (Wildman–Crippen MR) is 68.7 cm³/mol. The summed E-state index contributed by atoms with van der Waals surface area (Å²) in [6.07, 6.45) is 4.22. The van der Waals surface area contributed by atoms with Crippen molar-refractivity contribution in [2.75, 3.05) is 6.54 Å². The average Bonchev–Trinajstić information content (AvgIpc) is 2.85. The maximum absolute atomic E-state index is 5.49. The molecule has 0 unspecified atom stereocenters. The van der Waals surface area contributed by atoms with E-state index in [1.807, 2.05) is 10.7 Å². The van der Waals surface area contributed by atoms with Crippen LogP contribution in [-0.2, 0) is 6.54 Å². The van der Waals surface area contributed by atoms with Gasteiger partial charge in [0.15, 0.2) is 10.8 Å². The Morgan fingerprint density at radius 3 is 3.00 bits per heavy atom. The van der Waals surface area contributed by atoms with Crippen LogP contribution in [0.15, 0.2) is 6.20 Å². The van der Waals surface area contributed by atoms with Gasteiger partial charge in [0.05, 0.1) is 12.7 Å². The Balaban J connectivity index is 1.73. The molecule has 8 nitrogen and oxygen atoms in total. The molecule has 3 aromatic heterocycles. The minimum Gasteiger partial charge on any atom is -0.329 e. The molecule has 98 valence electrons. The first-order valence-electron chi connectivity index (χ1n) is 6.18. The Kier molecular flexibility index (Phi) is 2.35. The van der Waals surface area contributed by atoms with Crippen molar-refractivity contribution in [2.24, 2.45) is 5.73 Å². The number of nitrogens with zero attached hydrogens (tertiary/aromatic N) is 7. The van der Waals surface area contributed by atoms with Gasteiger partial charge in [-0.2, -0.15) is 9.61 Å². The SMILES string of the molecule is NCCn1cc(-c2nn3c(C4CC4)nnc3s2)nn1. The van der Waals surface area contributed by atoms with E-state index in [1.54, 1.807) is 4.68 Å². The zero-order chi connectivity index (χ0) is 12.8. The smallest absolute Gasteiger partial charge is 0.235 e. The third kappa shape index (κ3) is 1.81. The van der Waals surface area contributed by atoms with Gasteiger partial charge < -0.3 is 5.73 Å². The predicted octanol–water partition coefficient (Wildman–Crippen LogP) is 0.280. The van der Waals surface area contributed by atoms with Gasteiger partial charge in [0.25, 0.3) is 0 Å². The lowest BCUT2D eigenvalue weighted by Crippen LogP contribution is -2.10. The molecule has 0 saturated heterocycles. The highest BCUT2D eigenvalue weighted by atomic mass is 32.1. The van der Waals surface area contributed by atoms with E-state index in [4.69, 9.17) is 5.73 Å². The fraction of sp³-hybridized carbons (Fsp3) is 0.500. The Hall–Kier alpha value is -1.87. The second kappa shape index (κ2) is 4.07. The van der Waals surface area contributed by atoms with Gasteiger partial charge in [-0.1, -0.05) is 16.6 Å². The summed E-state index contributed by atoms with van der Waals surface area (Å²) in [6.45, 7) is 1.20. The summed E-state index contributed by atoms with van der Waals surface area (Å²) in [4.78, 5) is 0.810. The van der Waals surface area contributed by atoms with Crippen LogP contribution in [0.3, 0.4) is 0 Å². The van der Waals surface area contributed by atoms with Gasteiger partial charge in [-0.25, -0.2) is 0 Å².